The summed E-state index contributed by atoms with van der Waals surface area (Å²) in [7, 11) is 1.50. The number of ether oxygens (including phenoxy) is 1. The molecule has 0 heterocycles. The first kappa shape index (κ1) is 21.4. The average Bonchev–Trinajstić information content (AvgIpc) is 3.62. The standard InChI is InChI=1S/C25H24FN3O3/c1-32-22-13-12-20(15-21(22)29-24(30)17-8-5-9-18(26)14-17)27-23(16-6-3-2-4-7-16)25(31)28-19-10-11-19/h2-9,12-15,19,23,27H,10-11H2,1H3,(H,28,31)(H,29,30). The smallest absolute Gasteiger partial charge is 0.255 e. The minimum atomic E-state index is -0.600. The Morgan fingerprint density at radius 1 is 1.00 bits per heavy atom. The van der Waals surface area contributed by atoms with Crippen LogP contribution in [-0.4, -0.2) is 25.0 Å². The molecule has 1 unspecified atom stereocenters. The Bertz CT molecular complexity index is 1120. The zero-order valence-corrected chi connectivity index (χ0v) is 17.6. The summed E-state index contributed by atoms with van der Waals surface area (Å²) in [6.07, 6.45) is 1.98. The molecule has 4 rings (SSSR count). The number of carbonyl (C=O) groups is 2. The molecular weight excluding hydrogens is 409 g/mol. The fourth-order valence-electron chi connectivity index (χ4n) is 3.34. The van der Waals surface area contributed by atoms with Gasteiger partial charge >= 0.3 is 0 Å². The van der Waals surface area contributed by atoms with E-state index in [1.807, 2.05) is 30.3 Å². The number of benzene rings is 3. The number of rotatable bonds is 8. The van der Waals surface area contributed by atoms with Gasteiger partial charge in [-0.25, -0.2) is 4.39 Å². The molecule has 0 spiro atoms. The van der Waals surface area contributed by atoms with Gasteiger partial charge in [-0.1, -0.05) is 36.4 Å². The van der Waals surface area contributed by atoms with Crippen molar-refractivity contribution in [2.75, 3.05) is 17.7 Å². The third kappa shape index (κ3) is 5.24. The molecule has 1 aliphatic carbocycles. The summed E-state index contributed by atoms with van der Waals surface area (Å²) < 4.78 is 18.9. The first-order chi connectivity index (χ1) is 15.5. The Hall–Kier alpha value is -3.87. The van der Waals surface area contributed by atoms with E-state index in [1.165, 1.54) is 25.3 Å². The van der Waals surface area contributed by atoms with Crippen LogP contribution in [0.4, 0.5) is 15.8 Å². The number of hydrogen-bond acceptors (Lipinski definition) is 4. The van der Waals surface area contributed by atoms with Crippen LogP contribution < -0.4 is 20.7 Å². The van der Waals surface area contributed by atoms with Crippen LogP contribution in [0.2, 0.25) is 0 Å². The lowest BCUT2D eigenvalue weighted by Crippen LogP contribution is -2.34. The molecule has 164 valence electrons. The van der Waals surface area contributed by atoms with Gasteiger partial charge in [0.15, 0.2) is 0 Å². The molecule has 2 amide bonds. The lowest BCUT2D eigenvalue weighted by Gasteiger charge is -2.21. The summed E-state index contributed by atoms with van der Waals surface area (Å²) in [6, 6.07) is 19.7. The van der Waals surface area contributed by atoms with Crippen molar-refractivity contribution < 1.29 is 18.7 Å². The molecule has 7 heteroatoms. The summed E-state index contributed by atoms with van der Waals surface area (Å²) in [5.41, 5.74) is 2.05. The topological polar surface area (TPSA) is 79.5 Å². The molecule has 3 aromatic carbocycles. The fourth-order valence-corrected chi connectivity index (χ4v) is 3.34. The summed E-state index contributed by atoms with van der Waals surface area (Å²) in [6.45, 7) is 0. The number of nitrogens with one attached hydrogen (secondary N) is 3. The third-order valence-corrected chi connectivity index (χ3v) is 5.16. The van der Waals surface area contributed by atoms with Gasteiger partial charge in [0.2, 0.25) is 5.91 Å². The van der Waals surface area contributed by atoms with Gasteiger partial charge < -0.3 is 20.7 Å². The molecule has 0 aromatic heterocycles. The van der Waals surface area contributed by atoms with Crippen LogP contribution in [0.25, 0.3) is 0 Å². The maximum Gasteiger partial charge on any atom is 0.255 e. The Kier molecular flexibility index (Phi) is 6.35. The predicted molar refractivity (Wildman–Crippen MR) is 121 cm³/mol. The highest BCUT2D eigenvalue weighted by molar-refractivity contribution is 6.05. The van der Waals surface area contributed by atoms with Crippen LogP contribution in [0.1, 0.15) is 34.8 Å². The van der Waals surface area contributed by atoms with Crippen LogP contribution in [0.5, 0.6) is 5.75 Å². The highest BCUT2D eigenvalue weighted by atomic mass is 19.1. The van der Waals surface area contributed by atoms with Gasteiger partial charge in [-0.05, 0) is 54.8 Å². The SMILES string of the molecule is COc1ccc(NC(C(=O)NC2CC2)c2ccccc2)cc1NC(=O)c1cccc(F)c1. The van der Waals surface area contributed by atoms with E-state index in [2.05, 4.69) is 16.0 Å². The highest BCUT2D eigenvalue weighted by Gasteiger charge is 2.28. The molecule has 1 fully saturated rings. The van der Waals surface area contributed by atoms with Crippen molar-refractivity contribution in [3.8, 4) is 5.75 Å². The molecule has 3 N–H and O–H groups in total. The molecule has 0 radical (unpaired) electrons. The van der Waals surface area contributed by atoms with Gasteiger partial charge in [0.1, 0.15) is 17.6 Å². The van der Waals surface area contributed by atoms with Gasteiger partial charge in [0, 0.05) is 17.3 Å². The molecule has 1 saturated carbocycles. The van der Waals surface area contributed by atoms with Crippen LogP contribution in [0.3, 0.4) is 0 Å². The molecule has 1 aliphatic rings. The molecule has 6 nitrogen and oxygen atoms in total. The largest absolute Gasteiger partial charge is 0.495 e. The van der Waals surface area contributed by atoms with E-state index < -0.39 is 17.8 Å². The number of halogens is 1. The number of anilines is 2. The summed E-state index contributed by atoms with van der Waals surface area (Å²) in [5.74, 6) is -0.627. The van der Waals surface area contributed by atoms with Crippen molar-refractivity contribution in [2.24, 2.45) is 0 Å². The monoisotopic (exact) mass is 433 g/mol. The summed E-state index contributed by atoms with van der Waals surface area (Å²) >= 11 is 0. The van der Waals surface area contributed by atoms with E-state index in [-0.39, 0.29) is 17.5 Å². The van der Waals surface area contributed by atoms with E-state index in [0.717, 1.165) is 24.5 Å². The van der Waals surface area contributed by atoms with Crippen LogP contribution >= 0.6 is 0 Å². The summed E-state index contributed by atoms with van der Waals surface area (Å²) in [5, 5.41) is 9.06. The maximum absolute atomic E-state index is 13.5. The number of hydrogen-bond donors (Lipinski definition) is 3. The van der Waals surface area contributed by atoms with Crippen LogP contribution in [-0.2, 0) is 4.79 Å². The van der Waals surface area contributed by atoms with E-state index in [1.54, 1.807) is 18.2 Å². The minimum Gasteiger partial charge on any atom is -0.495 e. The van der Waals surface area contributed by atoms with E-state index in [9.17, 15) is 14.0 Å². The van der Waals surface area contributed by atoms with Crippen LogP contribution in [0.15, 0.2) is 72.8 Å². The van der Waals surface area contributed by atoms with Gasteiger partial charge in [-0.2, -0.15) is 0 Å². The Balaban J connectivity index is 1.58. The maximum atomic E-state index is 13.5. The Morgan fingerprint density at radius 2 is 1.78 bits per heavy atom. The zero-order chi connectivity index (χ0) is 22.5. The van der Waals surface area contributed by atoms with Crippen molar-refractivity contribution in [3.63, 3.8) is 0 Å². The fraction of sp³-hybridized carbons (Fsp3) is 0.200. The molecular formula is C25H24FN3O3. The molecule has 0 aliphatic heterocycles. The second-order valence-electron chi connectivity index (χ2n) is 7.65. The van der Waals surface area contributed by atoms with Gasteiger partial charge in [0.25, 0.3) is 5.91 Å². The minimum absolute atomic E-state index is 0.111. The number of amides is 2. The van der Waals surface area contributed by atoms with Crippen molar-refractivity contribution >= 4 is 23.2 Å². The third-order valence-electron chi connectivity index (χ3n) is 5.16. The van der Waals surface area contributed by atoms with Gasteiger partial charge in [0.05, 0.1) is 12.8 Å². The van der Waals surface area contributed by atoms with Crippen molar-refractivity contribution in [3.05, 3.63) is 89.7 Å². The lowest BCUT2D eigenvalue weighted by molar-refractivity contribution is -0.122. The quantitative estimate of drug-likeness (QED) is 0.488. The molecule has 0 bridgehead atoms. The van der Waals surface area contributed by atoms with E-state index in [0.29, 0.717) is 17.1 Å². The van der Waals surface area contributed by atoms with Crippen molar-refractivity contribution in [1.82, 2.24) is 5.32 Å². The molecule has 1 atom stereocenters. The van der Waals surface area contributed by atoms with E-state index >= 15 is 0 Å². The van der Waals surface area contributed by atoms with Gasteiger partial charge in [-0.15, -0.1) is 0 Å². The number of methoxy groups -OCH3 is 1. The highest BCUT2D eigenvalue weighted by Crippen LogP contribution is 2.31. The average molecular weight is 433 g/mol. The normalized spacial score (nSPS) is 13.7. The Labute approximate surface area is 185 Å². The lowest BCUT2D eigenvalue weighted by atomic mass is 10.1. The van der Waals surface area contributed by atoms with Gasteiger partial charge in [-0.3, -0.25) is 9.59 Å². The summed E-state index contributed by atoms with van der Waals surface area (Å²) in [4.78, 5) is 25.5. The predicted octanol–water partition coefficient (Wildman–Crippen LogP) is 4.52. The first-order valence-corrected chi connectivity index (χ1v) is 10.4. The number of carbonyl (C=O) groups excluding carboxylic acids is 2. The first-order valence-electron chi connectivity index (χ1n) is 10.4. The van der Waals surface area contributed by atoms with Crippen molar-refractivity contribution in [2.45, 2.75) is 24.9 Å². The van der Waals surface area contributed by atoms with Crippen LogP contribution in [0, 0.1) is 5.82 Å². The van der Waals surface area contributed by atoms with E-state index in [4.69, 9.17) is 4.74 Å². The Morgan fingerprint density at radius 3 is 2.47 bits per heavy atom. The van der Waals surface area contributed by atoms with Crippen molar-refractivity contribution in [1.29, 1.82) is 0 Å². The molecule has 32 heavy (non-hydrogen) atoms. The second kappa shape index (κ2) is 9.51. The molecule has 3 aromatic rings. The second-order valence-corrected chi connectivity index (χ2v) is 7.65. The molecule has 0 saturated heterocycles. The zero-order valence-electron chi connectivity index (χ0n) is 17.6.